The maximum atomic E-state index is 12.7. The minimum atomic E-state index is -1.28. The Morgan fingerprint density at radius 1 is 0.914 bits per heavy atom. The van der Waals surface area contributed by atoms with Gasteiger partial charge in [-0.1, -0.05) is 36.4 Å². The Labute approximate surface area is 202 Å². The van der Waals surface area contributed by atoms with Crippen molar-refractivity contribution < 1.29 is 38.3 Å². The van der Waals surface area contributed by atoms with Gasteiger partial charge in [-0.3, -0.25) is 4.79 Å². The summed E-state index contributed by atoms with van der Waals surface area (Å²) in [5.74, 6) is -1.35. The summed E-state index contributed by atoms with van der Waals surface area (Å²) in [4.78, 5) is 37.1. The molecule has 0 unspecified atom stereocenters. The molecule has 1 aliphatic rings. The van der Waals surface area contributed by atoms with Crippen LogP contribution in [0.3, 0.4) is 0 Å². The molecule has 1 saturated heterocycles. The quantitative estimate of drug-likeness (QED) is 0.318. The van der Waals surface area contributed by atoms with Gasteiger partial charge in [-0.25, -0.2) is 9.59 Å². The van der Waals surface area contributed by atoms with Crippen LogP contribution in [0.2, 0.25) is 0 Å². The van der Waals surface area contributed by atoms with Crippen molar-refractivity contribution in [3.05, 3.63) is 101 Å². The maximum Gasteiger partial charge on any atom is 0.338 e. The maximum absolute atomic E-state index is 12.7. The summed E-state index contributed by atoms with van der Waals surface area (Å²) in [6, 6.07) is 18.6. The summed E-state index contributed by atoms with van der Waals surface area (Å²) in [5, 5.41) is 11.1. The van der Waals surface area contributed by atoms with Gasteiger partial charge in [0.15, 0.2) is 30.4 Å². The van der Waals surface area contributed by atoms with Crippen LogP contribution in [0.25, 0.3) is 0 Å². The number of hydrogen-bond donors (Lipinski definition) is 1. The molecular formula is C27H26NO7+. The topological polar surface area (TPSA) is 103 Å². The molecule has 4 rings (SSSR count). The molecule has 2 aromatic carbocycles. The lowest BCUT2D eigenvalue weighted by molar-refractivity contribution is -0.766. The van der Waals surface area contributed by atoms with Gasteiger partial charge in [0.1, 0.15) is 12.7 Å². The average molecular weight is 477 g/mol. The van der Waals surface area contributed by atoms with Crippen LogP contribution in [0.5, 0.6) is 0 Å². The predicted molar refractivity (Wildman–Crippen MR) is 124 cm³/mol. The average Bonchev–Trinajstić information content (AvgIpc) is 3.18. The Balaban J connectivity index is 1.58. The normalized spacial score (nSPS) is 21.3. The van der Waals surface area contributed by atoms with Gasteiger partial charge < -0.3 is 19.3 Å². The van der Waals surface area contributed by atoms with Crippen LogP contribution < -0.4 is 4.57 Å². The number of carbonyl (C=O) groups excluding carboxylic acids is 3. The van der Waals surface area contributed by atoms with Crippen LogP contribution in [-0.2, 0) is 14.2 Å². The molecule has 4 atom stereocenters. The fourth-order valence-electron chi connectivity index (χ4n) is 3.92. The summed E-state index contributed by atoms with van der Waals surface area (Å²) in [6.07, 6.45) is -1.03. The molecule has 0 aliphatic carbocycles. The van der Waals surface area contributed by atoms with Crippen molar-refractivity contribution in [2.24, 2.45) is 0 Å². The Kier molecular flexibility index (Phi) is 7.33. The number of hydrogen-bond acceptors (Lipinski definition) is 7. The van der Waals surface area contributed by atoms with Crippen molar-refractivity contribution in [2.75, 3.05) is 6.61 Å². The number of benzene rings is 2. The molecule has 180 valence electrons. The Morgan fingerprint density at radius 3 is 2.11 bits per heavy atom. The standard InChI is InChI=1S/C27H26NO7/c1-17-13-21(18(2)29)15-28(14-17)25-23(30)24(35-27(32)20-11-7-4-8-12-20)22(34-25)16-33-26(31)19-9-5-3-6-10-19/h3-15,22-25,30H,16H2,1-2H3/q+1/t22-,23-,24-,25-/m1/s1. The predicted octanol–water partition coefficient (Wildman–Crippen LogP) is 2.83. The van der Waals surface area contributed by atoms with Crippen LogP contribution in [-0.4, -0.2) is 47.7 Å². The molecule has 0 amide bonds. The molecule has 0 spiro atoms. The third-order valence-electron chi connectivity index (χ3n) is 5.67. The minimum Gasteiger partial charge on any atom is -0.459 e. The minimum absolute atomic E-state index is 0.143. The lowest BCUT2D eigenvalue weighted by Gasteiger charge is -2.19. The third kappa shape index (κ3) is 5.62. The van der Waals surface area contributed by atoms with E-state index in [1.165, 1.54) is 6.92 Å². The molecule has 0 saturated carbocycles. The van der Waals surface area contributed by atoms with Crippen molar-refractivity contribution in [1.82, 2.24) is 0 Å². The highest BCUT2D eigenvalue weighted by molar-refractivity contribution is 5.93. The van der Waals surface area contributed by atoms with Crippen LogP contribution in [0.1, 0.15) is 49.8 Å². The fourth-order valence-corrected chi connectivity index (χ4v) is 3.92. The smallest absolute Gasteiger partial charge is 0.338 e. The molecule has 0 bridgehead atoms. The lowest BCUT2D eigenvalue weighted by atomic mass is 10.1. The molecule has 0 radical (unpaired) electrons. The van der Waals surface area contributed by atoms with E-state index >= 15 is 0 Å². The number of ketones is 1. The van der Waals surface area contributed by atoms with Crippen LogP contribution in [0.15, 0.2) is 79.1 Å². The van der Waals surface area contributed by atoms with E-state index in [-0.39, 0.29) is 12.4 Å². The number of nitrogens with zero attached hydrogens (tertiary/aromatic N) is 1. The van der Waals surface area contributed by atoms with Gasteiger partial charge in [-0.2, -0.15) is 4.57 Å². The van der Waals surface area contributed by atoms with E-state index in [1.807, 2.05) is 6.92 Å². The Hall–Kier alpha value is -3.88. The van der Waals surface area contributed by atoms with E-state index in [4.69, 9.17) is 14.2 Å². The van der Waals surface area contributed by atoms with Crippen molar-refractivity contribution >= 4 is 17.7 Å². The van der Waals surface area contributed by atoms with E-state index in [0.717, 1.165) is 5.56 Å². The van der Waals surface area contributed by atoms with Gasteiger partial charge in [-0.05, 0) is 44.2 Å². The SMILES string of the molecule is CC(=O)c1cc(C)c[n+]([C@@H]2O[C@H](COC(=O)c3ccccc3)[C@@H](OC(=O)c3ccccc3)[C@H]2O)c1. The van der Waals surface area contributed by atoms with Crippen molar-refractivity contribution in [3.8, 4) is 0 Å². The monoisotopic (exact) mass is 476 g/mol. The molecule has 1 fully saturated rings. The molecular weight excluding hydrogens is 450 g/mol. The van der Waals surface area contributed by atoms with E-state index < -0.39 is 36.5 Å². The van der Waals surface area contributed by atoms with Gasteiger partial charge in [0, 0.05) is 5.56 Å². The number of Topliss-reactive ketones (excluding diaryl/α,β-unsaturated/α-hetero) is 1. The van der Waals surface area contributed by atoms with Gasteiger partial charge in [-0.15, -0.1) is 0 Å². The van der Waals surface area contributed by atoms with Crippen LogP contribution in [0.4, 0.5) is 0 Å². The largest absolute Gasteiger partial charge is 0.459 e. The highest BCUT2D eigenvalue weighted by Gasteiger charge is 2.52. The number of pyridine rings is 1. The van der Waals surface area contributed by atoms with Gasteiger partial charge in [0.25, 0.3) is 6.23 Å². The van der Waals surface area contributed by atoms with E-state index in [0.29, 0.717) is 16.7 Å². The Bertz CT molecular complexity index is 1210. The van der Waals surface area contributed by atoms with E-state index in [1.54, 1.807) is 83.7 Å². The first-order valence-electron chi connectivity index (χ1n) is 11.2. The van der Waals surface area contributed by atoms with Gasteiger partial charge >= 0.3 is 11.9 Å². The highest BCUT2D eigenvalue weighted by atomic mass is 16.6. The van der Waals surface area contributed by atoms with Crippen molar-refractivity contribution in [3.63, 3.8) is 0 Å². The zero-order valence-corrected chi connectivity index (χ0v) is 19.4. The first kappa shape index (κ1) is 24.3. The second kappa shape index (κ2) is 10.6. The summed E-state index contributed by atoms with van der Waals surface area (Å²) in [6.45, 7) is 3.01. The number of carbonyl (C=O) groups is 3. The number of aliphatic hydroxyl groups is 1. The third-order valence-corrected chi connectivity index (χ3v) is 5.67. The molecule has 8 nitrogen and oxygen atoms in total. The van der Waals surface area contributed by atoms with Gasteiger partial charge in [0.2, 0.25) is 0 Å². The summed E-state index contributed by atoms with van der Waals surface area (Å²) in [7, 11) is 0. The zero-order valence-electron chi connectivity index (χ0n) is 19.4. The Morgan fingerprint density at radius 2 is 1.51 bits per heavy atom. The molecule has 8 heteroatoms. The summed E-state index contributed by atoms with van der Waals surface area (Å²) >= 11 is 0. The molecule has 3 aromatic rings. The second-order valence-corrected chi connectivity index (χ2v) is 8.36. The number of ether oxygens (including phenoxy) is 3. The zero-order chi connectivity index (χ0) is 24.9. The molecule has 1 aliphatic heterocycles. The molecule has 35 heavy (non-hydrogen) atoms. The van der Waals surface area contributed by atoms with E-state index in [9.17, 15) is 19.5 Å². The molecule has 1 N–H and O–H groups in total. The number of aryl methyl sites for hydroxylation is 1. The number of aromatic nitrogens is 1. The lowest BCUT2D eigenvalue weighted by Crippen LogP contribution is -2.47. The first-order valence-corrected chi connectivity index (χ1v) is 11.2. The van der Waals surface area contributed by atoms with Crippen LogP contribution >= 0.6 is 0 Å². The van der Waals surface area contributed by atoms with Gasteiger partial charge in [0.05, 0.1) is 16.7 Å². The summed E-state index contributed by atoms with van der Waals surface area (Å²) in [5.41, 5.74) is 1.90. The highest BCUT2D eigenvalue weighted by Crippen LogP contribution is 2.29. The summed E-state index contributed by atoms with van der Waals surface area (Å²) < 4.78 is 18.7. The number of aliphatic hydroxyl groups excluding tert-OH is 1. The first-order chi connectivity index (χ1) is 16.8. The molecule has 2 heterocycles. The van der Waals surface area contributed by atoms with E-state index in [2.05, 4.69) is 0 Å². The number of rotatable bonds is 7. The van der Waals surface area contributed by atoms with Crippen molar-refractivity contribution in [1.29, 1.82) is 0 Å². The molecule has 1 aromatic heterocycles. The van der Waals surface area contributed by atoms with Crippen molar-refractivity contribution in [2.45, 2.75) is 38.4 Å². The fraction of sp³-hybridized carbons (Fsp3) is 0.259. The van der Waals surface area contributed by atoms with Crippen LogP contribution in [0, 0.1) is 6.92 Å². The second-order valence-electron chi connectivity index (χ2n) is 8.36. The number of esters is 2.